The van der Waals surface area contributed by atoms with E-state index in [1.807, 2.05) is 13.8 Å². The van der Waals surface area contributed by atoms with Crippen molar-refractivity contribution < 1.29 is 5.11 Å². The van der Waals surface area contributed by atoms with Gasteiger partial charge in [-0.05, 0) is 12.3 Å². The van der Waals surface area contributed by atoms with Crippen molar-refractivity contribution in [1.82, 2.24) is 4.67 Å². The molecule has 1 N–H and O–H groups in total. The van der Waals surface area contributed by atoms with Gasteiger partial charge in [-0.25, -0.2) is 0 Å². The van der Waals surface area contributed by atoms with Crippen molar-refractivity contribution in [1.29, 1.82) is 0 Å². The SMILES string of the molecule is CC.OCC1CCN(P)C1. The Morgan fingerprint density at radius 1 is 1.60 bits per heavy atom. The minimum absolute atomic E-state index is 0.352. The van der Waals surface area contributed by atoms with Crippen molar-refractivity contribution in [3.05, 3.63) is 0 Å². The summed E-state index contributed by atoms with van der Waals surface area (Å²) < 4.78 is 2.17. The van der Waals surface area contributed by atoms with Gasteiger partial charge >= 0.3 is 0 Å². The van der Waals surface area contributed by atoms with Crippen molar-refractivity contribution in [3.8, 4) is 0 Å². The molecule has 0 aliphatic carbocycles. The first-order valence-electron chi connectivity index (χ1n) is 3.93. The molecule has 2 nitrogen and oxygen atoms in total. The molecule has 2 atom stereocenters. The minimum atomic E-state index is 0.352. The van der Waals surface area contributed by atoms with Crippen LogP contribution < -0.4 is 0 Å². The molecule has 3 heteroatoms. The predicted molar refractivity (Wildman–Crippen MR) is 47.8 cm³/mol. The molecular weight excluding hydrogens is 145 g/mol. The van der Waals surface area contributed by atoms with E-state index in [1.54, 1.807) is 0 Å². The zero-order chi connectivity index (χ0) is 7.98. The summed E-state index contributed by atoms with van der Waals surface area (Å²) in [5.41, 5.74) is 0. The van der Waals surface area contributed by atoms with Gasteiger partial charge in [-0.2, -0.15) is 0 Å². The normalized spacial score (nSPS) is 25.8. The van der Waals surface area contributed by atoms with Crippen LogP contribution in [0.15, 0.2) is 0 Å². The van der Waals surface area contributed by atoms with Crippen LogP contribution in [-0.4, -0.2) is 29.5 Å². The second-order valence-corrected chi connectivity index (χ2v) is 3.06. The fourth-order valence-electron chi connectivity index (χ4n) is 1.01. The quantitative estimate of drug-likeness (QED) is 0.585. The van der Waals surface area contributed by atoms with Gasteiger partial charge in [0.2, 0.25) is 0 Å². The minimum Gasteiger partial charge on any atom is -0.396 e. The summed E-state index contributed by atoms with van der Waals surface area (Å²) >= 11 is 0. The van der Waals surface area contributed by atoms with Crippen molar-refractivity contribution in [3.63, 3.8) is 0 Å². The van der Waals surface area contributed by atoms with Crippen LogP contribution in [0.25, 0.3) is 0 Å². The van der Waals surface area contributed by atoms with Crippen LogP contribution in [0.5, 0.6) is 0 Å². The summed E-state index contributed by atoms with van der Waals surface area (Å²) in [5, 5.41) is 8.65. The summed E-state index contributed by atoms with van der Waals surface area (Å²) in [4.78, 5) is 0. The first kappa shape index (κ1) is 10.3. The van der Waals surface area contributed by atoms with E-state index >= 15 is 0 Å². The molecule has 0 aromatic rings. The molecule has 0 bridgehead atoms. The van der Waals surface area contributed by atoms with Gasteiger partial charge in [0.15, 0.2) is 0 Å². The summed E-state index contributed by atoms with van der Waals surface area (Å²) in [7, 11) is 2.65. The van der Waals surface area contributed by atoms with Gasteiger partial charge in [-0.3, -0.25) is 4.67 Å². The van der Waals surface area contributed by atoms with E-state index < -0.39 is 0 Å². The van der Waals surface area contributed by atoms with E-state index in [0.717, 1.165) is 19.5 Å². The maximum absolute atomic E-state index is 8.65. The average Bonchev–Trinajstić information content (AvgIpc) is 2.40. The van der Waals surface area contributed by atoms with Crippen LogP contribution in [0.2, 0.25) is 0 Å². The van der Waals surface area contributed by atoms with Crippen LogP contribution in [-0.2, 0) is 0 Å². The van der Waals surface area contributed by atoms with Gasteiger partial charge in [-0.1, -0.05) is 23.2 Å². The zero-order valence-electron chi connectivity index (χ0n) is 6.88. The van der Waals surface area contributed by atoms with E-state index in [2.05, 4.69) is 14.1 Å². The third-order valence-electron chi connectivity index (χ3n) is 1.58. The van der Waals surface area contributed by atoms with Crippen molar-refractivity contribution in [2.45, 2.75) is 20.3 Å². The standard InChI is InChI=1S/C5H12NOP.C2H6/c7-4-5-1-2-6(8)3-5;1-2/h5,7H,1-4,8H2;1-2H3. The lowest BCUT2D eigenvalue weighted by molar-refractivity contribution is 0.234. The Morgan fingerprint density at radius 3 is 2.40 bits per heavy atom. The molecular formula is C7H18NOP. The molecule has 1 heterocycles. The molecule has 0 amide bonds. The van der Waals surface area contributed by atoms with Crippen molar-refractivity contribution in [2.24, 2.45) is 5.92 Å². The first-order valence-corrected chi connectivity index (χ1v) is 4.45. The molecule has 1 fully saturated rings. The lowest BCUT2D eigenvalue weighted by Gasteiger charge is -2.05. The fourth-order valence-corrected chi connectivity index (χ4v) is 1.46. The number of nitrogens with zero attached hydrogens (tertiary/aromatic N) is 1. The summed E-state index contributed by atoms with van der Waals surface area (Å²) in [6, 6.07) is 0. The average molecular weight is 163 g/mol. The number of aliphatic hydroxyl groups excluding tert-OH is 1. The van der Waals surface area contributed by atoms with Gasteiger partial charge in [-0.15, -0.1) is 0 Å². The van der Waals surface area contributed by atoms with Crippen LogP contribution in [0.3, 0.4) is 0 Å². The molecule has 62 valence electrons. The summed E-state index contributed by atoms with van der Waals surface area (Å²) in [6.07, 6.45) is 1.15. The third kappa shape index (κ3) is 3.50. The number of hydrogen-bond acceptors (Lipinski definition) is 2. The van der Waals surface area contributed by atoms with E-state index in [1.165, 1.54) is 0 Å². The monoisotopic (exact) mass is 163 g/mol. The van der Waals surface area contributed by atoms with Gasteiger partial charge in [0.1, 0.15) is 0 Å². The Labute approximate surface area is 65.9 Å². The Hall–Kier alpha value is 0.350. The maximum Gasteiger partial charge on any atom is 0.0472 e. The van der Waals surface area contributed by atoms with Gasteiger partial charge in [0, 0.05) is 19.7 Å². The second-order valence-electron chi connectivity index (χ2n) is 2.33. The Morgan fingerprint density at radius 2 is 2.20 bits per heavy atom. The lowest BCUT2D eigenvalue weighted by Crippen LogP contribution is -2.09. The molecule has 1 aliphatic rings. The van der Waals surface area contributed by atoms with Crippen molar-refractivity contribution >= 4 is 9.39 Å². The van der Waals surface area contributed by atoms with E-state index in [0.29, 0.717) is 12.5 Å². The topological polar surface area (TPSA) is 23.5 Å². The Balaban J connectivity index is 0.000000371. The van der Waals surface area contributed by atoms with E-state index in [-0.39, 0.29) is 0 Å². The van der Waals surface area contributed by atoms with Gasteiger partial charge < -0.3 is 5.11 Å². The second kappa shape index (κ2) is 6.09. The van der Waals surface area contributed by atoms with E-state index in [9.17, 15) is 0 Å². The molecule has 0 aromatic carbocycles. The first-order chi connectivity index (χ1) is 4.83. The lowest BCUT2D eigenvalue weighted by atomic mass is 10.1. The van der Waals surface area contributed by atoms with Crippen LogP contribution >= 0.6 is 9.39 Å². The highest BCUT2D eigenvalue weighted by molar-refractivity contribution is 7.13. The molecule has 1 rings (SSSR count). The van der Waals surface area contributed by atoms with Crippen LogP contribution in [0, 0.1) is 5.92 Å². The fraction of sp³-hybridized carbons (Fsp3) is 1.00. The highest BCUT2D eigenvalue weighted by Crippen LogP contribution is 2.17. The highest BCUT2D eigenvalue weighted by Gasteiger charge is 2.17. The predicted octanol–water partition coefficient (Wildman–Crippen LogP) is 1.12. The summed E-state index contributed by atoms with van der Waals surface area (Å²) in [5.74, 6) is 0.535. The molecule has 2 unspecified atom stereocenters. The number of hydrogen-bond donors (Lipinski definition) is 1. The van der Waals surface area contributed by atoms with Crippen molar-refractivity contribution in [2.75, 3.05) is 19.7 Å². The van der Waals surface area contributed by atoms with Gasteiger partial charge in [0.05, 0.1) is 0 Å². The number of aliphatic hydroxyl groups is 1. The molecule has 0 saturated carbocycles. The molecule has 0 aromatic heterocycles. The van der Waals surface area contributed by atoms with Gasteiger partial charge in [0.25, 0.3) is 0 Å². The highest BCUT2D eigenvalue weighted by atomic mass is 31.0. The van der Waals surface area contributed by atoms with Crippen LogP contribution in [0.1, 0.15) is 20.3 Å². The molecule has 10 heavy (non-hydrogen) atoms. The smallest absolute Gasteiger partial charge is 0.0472 e. The molecule has 0 spiro atoms. The molecule has 0 radical (unpaired) electrons. The third-order valence-corrected chi connectivity index (χ3v) is 2.04. The van der Waals surface area contributed by atoms with Crippen LogP contribution in [0.4, 0.5) is 0 Å². The summed E-state index contributed by atoms with van der Waals surface area (Å²) in [6.45, 7) is 6.52. The van der Waals surface area contributed by atoms with E-state index in [4.69, 9.17) is 5.11 Å². The maximum atomic E-state index is 8.65. The molecule has 1 aliphatic heterocycles. The zero-order valence-corrected chi connectivity index (χ0v) is 8.03. The number of rotatable bonds is 1. The largest absolute Gasteiger partial charge is 0.396 e. The Kier molecular flexibility index (Phi) is 6.30. The molecule has 1 saturated heterocycles. The Bertz CT molecular complexity index is 80.0.